The van der Waals surface area contributed by atoms with Crippen molar-refractivity contribution in [3.63, 3.8) is 0 Å². The summed E-state index contributed by atoms with van der Waals surface area (Å²) >= 11 is 0. The first-order valence-corrected chi connectivity index (χ1v) is 7.09. The van der Waals surface area contributed by atoms with Gasteiger partial charge in [-0.15, -0.1) is 0 Å². The van der Waals surface area contributed by atoms with Crippen molar-refractivity contribution in [3.05, 3.63) is 23.4 Å². The van der Waals surface area contributed by atoms with E-state index < -0.39 is 5.97 Å². The first-order chi connectivity index (χ1) is 9.13. The molecule has 0 amide bonds. The number of rotatable bonds is 6. The van der Waals surface area contributed by atoms with Crippen LogP contribution in [-0.2, 0) is 0 Å². The summed E-state index contributed by atoms with van der Waals surface area (Å²) in [5.74, 6) is 1.27. The molecule has 2 aliphatic carbocycles. The molecule has 1 N–H and O–H groups in total. The highest BCUT2D eigenvalue weighted by Gasteiger charge is 2.31. The first kappa shape index (κ1) is 12.5. The van der Waals surface area contributed by atoms with E-state index >= 15 is 0 Å². The molecule has 0 spiro atoms. The van der Waals surface area contributed by atoms with Gasteiger partial charge < -0.3 is 10.0 Å². The number of hydrogen-bond donors (Lipinski definition) is 1. The molecule has 1 aromatic heterocycles. The lowest BCUT2D eigenvalue weighted by molar-refractivity contribution is 0.0697. The van der Waals surface area contributed by atoms with Gasteiger partial charge in [-0.1, -0.05) is 0 Å². The molecule has 0 bridgehead atoms. The number of carboxylic acids is 1. The molecule has 4 heteroatoms. The molecular weight excluding hydrogens is 240 g/mol. The lowest BCUT2D eigenvalue weighted by atomic mass is 10.2. The van der Waals surface area contributed by atoms with Gasteiger partial charge in [0.1, 0.15) is 11.4 Å². The van der Waals surface area contributed by atoms with Gasteiger partial charge in [0, 0.05) is 18.8 Å². The standard InChI is InChI=1S/C15H20N2O2/c1-10-2-7-13(15(18)19)14(16-10)17(8-11-3-4-11)9-12-5-6-12/h2,7,11-12H,3-6,8-9H2,1H3,(H,18,19). The number of anilines is 1. The van der Waals surface area contributed by atoms with E-state index in [2.05, 4.69) is 9.88 Å². The highest BCUT2D eigenvalue weighted by molar-refractivity contribution is 5.93. The number of aromatic nitrogens is 1. The maximum absolute atomic E-state index is 11.4. The Bertz CT molecular complexity index is 479. The Balaban J connectivity index is 1.89. The molecule has 1 heterocycles. The van der Waals surface area contributed by atoms with Gasteiger partial charge in [-0.3, -0.25) is 0 Å². The van der Waals surface area contributed by atoms with Crippen LogP contribution in [0.5, 0.6) is 0 Å². The zero-order valence-corrected chi connectivity index (χ0v) is 11.3. The van der Waals surface area contributed by atoms with Crippen molar-refractivity contribution in [2.75, 3.05) is 18.0 Å². The van der Waals surface area contributed by atoms with E-state index in [0.29, 0.717) is 11.4 Å². The van der Waals surface area contributed by atoms with Crippen LogP contribution in [0.15, 0.2) is 12.1 Å². The summed E-state index contributed by atoms with van der Waals surface area (Å²) in [6.45, 7) is 3.85. The van der Waals surface area contributed by atoms with Crippen molar-refractivity contribution in [2.24, 2.45) is 11.8 Å². The Hall–Kier alpha value is -1.58. The van der Waals surface area contributed by atoms with Crippen molar-refractivity contribution in [1.82, 2.24) is 4.98 Å². The Morgan fingerprint density at radius 1 is 1.26 bits per heavy atom. The molecule has 2 fully saturated rings. The number of nitrogens with zero attached hydrogens (tertiary/aromatic N) is 2. The average molecular weight is 260 g/mol. The van der Waals surface area contributed by atoms with Crippen LogP contribution in [0.1, 0.15) is 41.7 Å². The largest absolute Gasteiger partial charge is 0.478 e. The fraction of sp³-hybridized carbons (Fsp3) is 0.600. The zero-order valence-electron chi connectivity index (χ0n) is 11.3. The highest BCUT2D eigenvalue weighted by Crippen LogP contribution is 2.36. The van der Waals surface area contributed by atoms with E-state index in [9.17, 15) is 9.90 Å². The molecule has 0 radical (unpaired) electrons. The number of hydrogen-bond acceptors (Lipinski definition) is 3. The maximum atomic E-state index is 11.4. The number of carbonyl (C=O) groups is 1. The van der Waals surface area contributed by atoms with Crippen molar-refractivity contribution in [3.8, 4) is 0 Å². The van der Waals surface area contributed by atoms with Gasteiger partial charge in [-0.2, -0.15) is 0 Å². The Labute approximate surface area is 113 Å². The Morgan fingerprint density at radius 3 is 2.32 bits per heavy atom. The SMILES string of the molecule is Cc1ccc(C(=O)O)c(N(CC2CC2)CC2CC2)n1. The molecule has 4 nitrogen and oxygen atoms in total. The van der Waals surface area contributed by atoms with Crippen LogP contribution in [0.4, 0.5) is 5.82 Å². The number of carboxylic acid groups (broad SMARTS) is 1. The van der Waals surface area contributed by atoms with E-state index in [0.717, 1.165) is 30.6 Å². The second-order valence-corrected chi connectivity index (χ2v) is 5.92. The maximum Gasteiger partial charge on any atom is 0.339 e. The summed E-state index contributed by atoms with van der Waals surface area (Å²) in [7, 11) is 0. The van der Waals surface area contributed by atoms with Crippen LogP contribution in [-0.4, -0.2) is 29.1 Å². The lowest BCUT2D eigenvalue weighted by Gasteiger charge is -2.25. The van der Waals surface area contributed by atoms with E-state index in [1.807, 2.05) is 6.92 Å². The second-order valence-electron chi connectivity index (χ2n) is 5.92. The molecule has 2 aliphatic rings. The fourth-order valence-electron chi connectivity index (χ4n) is 2.42. The van der Waals surface area contributed by atoms with Gasteiger partial charge in [0.05, 0.1) is 0 Å². The van der Waals surface area contributed by atoms with Crippen LogP contribution in [0, 0.1) is 18.8 Å². The number of aryl methyl sites for hydroxylation is 1. The molecule has 19 heavy (non-hydrogen) atoms. The third-order valence-electron chi connectivity index (χ3n) is 3.90. The Morgan fingerprint density at radius 2 is 1.84 bits per heavy atom. The van der Waals surface area contributed by atoms with E-state index in [-0.39, 0.29) is 0 Å². The predicted octanol–water partition coefficient (Wildman–Crippen LogP) is 2.71. The van der Waals surface area contributed by atoms with Gasteiger partial charge in [-0.25, -0.2) is 9.78 Å². The van der Waals surface area contributed by atoms with Crippen molar-refractivity contribution in [1.29, 1.82) is 0 Å². The minimum absolute atomic E-state index is 0.340. The molecule has 0 atom stereocenters. The number of pyridine rings is 1. The van der Waals surface area contributed by atoms with Crippen LogP contribution < -0.4 is 4.90 Å². The normalized spacial score (nSPS) is 18.4. The molecule has 102 valence electrons. The van der Waals surface area contributed by atoms with Gasteiger partial charge in [0.2, 0.25) is 0 Å². The van der Waals surface area contributed by atoms with Crippen LogP contribution in [0.3, 0.4) is 0 Å². The summed E-state index contributed by atoms with van der Waals surface area (Å²) in [6, 6.07) is 3.46. The third kappa shape index (κ3) is 3.06. The summed E-state index contributed by atoms with van der Waals surface area (Å²) in [6.07, 6.45) is 5.09. The molecule has 0 saturated heterocycles. The lowest BCUT2D eigenvalue weighted by Crippen LogP contribution is -2.30. The highest BCUT2D eigenvalue weighted by atomic mass is 16.4. The predicted molar refractivity (Wildman–Crippen MR) is 73.6 cm³/mol. The second kappa shape index (κ2) is 4.83. The quantitative estimate of drug-likeness (QED) is 0.854. The van der Waals surface area contributed by atoms with E-state index in [1.165, 1.54) is 25.7 Å². The minimum atomic E-state index is -0.876. The molecule has 0 unspecified atom stereocenters. The van der Waals surface area contributed by atoms with Gasteiger partial charge in [0.15, 0.2) is 0 Å². The fourth-order valence-corrected chi connectivity index (χ4v) is 2.42. The first-order valence-electron chi connectivity index (χ1n) is 7.09. The van der Waals surface area contributed by atoms with E-state index in [4.69, 9.17) is 0 Å². The average Bonchev–Trinajstić information content (AvgIpc) is 3.22. The topological polar surface area (TPSA) is 53.4 Å². The molecule has 0 aromatic carbocycles. The minimum Gasteiger partial charge on any atom is -0.478 e. The molecular formula is C15H20N2O2. The van der Waals surface area contributed by atoms with Crippen LogP contribution >= 0.6 is 0 Å². The summed E-state index contributed by atoms with van der Waals surface area (Å²) in [5.41, 5.74) is 1.23. The van der Waals surface area contributed by atoms with Crippen LogP contribution in [0.2, 0.25) is 0 Å². The van der Waals surface area contributed by atoms with Crippen molar-refractivity contribution in [2.45, 2.75) is 32.6 Å². The molecule has 0 aliphatic heterocycles. The Kier molecular flexibility index (Phi) is 3.17. The monoisotopic (exact) mass is 260 g/mol. The summed E-state index contributed by atoms with van der Waals surface area (Å²) in [4.78, 5) is 18.1. The molecule has 3 rings (SSSR count). The smallest absolute Gasteiger partial charge is 0.339 e. The molecule has 2 saturated carbocycles. The van der Waals surface area contributed by atoms with Crippen LogP contribution in [0.25, 0.3) is 0 Å². The zero-order chi connectivity index (χ0) is 13.4. The van der Waals surface area contributed by atoms with Gasteiger partial charge in [0.25, 0.3) is 0 Å². The summed E-state index contributed by atoms with van der Waals surface area (Å²) < 4.78 is 0. The van der Waals surface area contributed by atoms with Gasteiger partial charge >= 0.3 is 5.97 Å². The van der Waals surface area contributed by atoms with Crippen molar-refractivity contribution >= 4 is 11.8 Å². The van der Waals surface area contributed by atoms with Crippen molar-refractivity contribution < 1.29 is 9.90 Å². The van der Waals surface area contributed by atoms with Gasteiger partial charge in [-0.05, 0) is 56.6 Å². The third-order valence-corrected chi connectivity index (χ3v) is 3.90. The molecule has 1 aromatic rings. The summed E-state index contributed by atoms with van der Waals surface area (Å²) in [5, 5.41) is 9.34. The number of aromatic carboxylic acids is 1. The van der Waals surface area contributed by atoms with E-state index in [1.54, 1.807) is 12.1 Å².